The Morgan fingerprint density at radius 2 is 1.56 bits per heavy atom. The molecule has 0 saturated heterocycles. The molecule has 0 aliphatic heterocycles. The van der Waals surface area contributed by atoms with Crippen LogP contribution in [0.2, 0.25) is 0 Å². The molecule has 0 aromatic rings. The molecule has 0 atom stereocenters. The maximum absolute atomic E-state index is 10.7. The number of ether oxygens (including phenoxy) is 3. The minimum atomic E-state index is -0.390. The quantitative estimate of drug-likeness (QED) is 0.614. The van der Waals surface area contributed by atoms with E-state index in [4.69, 9.17) is 19.5 Å². The molecule has 1 amide bonds. The molecular weight excluding hydrogens is 320 g/mol. The van der Waals surface area contributed by atoms with Crippen LogP contribution >= 0.6 is 0 Å². The first-order valence-electron chi connectivity index (χ1n) is 9.29. The number of unbranched alkanes of at least 4 members (excludes halogenated alkanes) is 1. The first-order chi connectivity index (χ1) is 11.7. The lowest BCUT2D eigenvalue weighted by Crippen LogP contribution is -2.32. The monoisotopic (exact) mass is 360 g/mol. The van der Waals surface area contributed by atoms with Crippen molar-refractivity contribution in [2.24, 2.45) is 0 Å². The average molecular weight is 361 g/mol. The number of hydrogen-bond donors (Lipinski definition) is 1. The van der Waals surface area contributed by atoms with Gasteiger partial charge in [-0.25, -0.2) is 4.79 Å². The van der Waals surface area contributed by atoms with Gasteiger partial charge in [-0.2, -0.15) is 5.26 Å². The van der Waals surface area contributed by atoms with Crippen LogP contribution in [0.25, 0.3) is 0 Å². The number of carbonyl (C=O) groups excluding carboxylic acids is 1. The van der Waals surface area contributed by atoms with Crippen LogP contribution in [0.1, 0.15) is 81.1 Å². The van der Waals surface area contributed by atoms with Crippen LogP contribution in [0.15, 0.2) is 0 Å². The molecule has 0 aromatic carbocycles. The third-order valence-electron chi connectivity index (χ3n) is 2.31. The summed E-state index contributed by atoms with van der Waals surface area (Å²) in [4.78, 5) is 10.7. The van der Waals surface area contributed by atoms with Crippen LogP contribution in [0, 0.1) is 11.3 Å². The Bertz CT molecular complexity index is 308. The van der Waals surface area contributed by atoms with Crippen molar-refractivity contribution >= 4 is 6.09 Å². The zero-order valence-electron chi connectivity index (χ0n) is 17.6. The van der Waals surface area contributed by atoms with Crippen molar-refractivity contribution < 1.29 is 19.0 Å². The lowest BCUT2D eigenvalue weighted by atomic mass is 10.2. The highest BCUT2D eigenvalue weighted by molar-refractivity contribution is 5.67. The van der Waals surface area contributed by atoms with Gasteiger partial charge in [-0.3, -0.25) is 0 Å². The van der Waals surface area contributed by atoms with E-state index in [2.05, 4.69) is 12.2 Å². The molecule has 6 nitrogen and oxygen atoms in total. The molecule has 0 unspecified atom stereocenters. The van der Waals surface area contributed by atoms with E-state index in [1.165, 1.54) is 0 Å². The molecule has 0 aliphatic rings. The van der Waals surface area contributed by atoms with E-state index < -0.39 is 0 Å². The maximum Gasteiger partial charge on any atom is 0.407 e. The maximum atomic E-state index is 10.7. The highest BCUT2D eigenvalue weighted by Gasteiger charge is 2.14. The third kappa shape index (κ3) is 31.0. The average Bonchev–Trinajstić information content (AvgIpc) is 2.48. The van der Waals surface area contributed by atoms with E-state index in [1.54, 1.807) is 0 Å². The number of nitrogens with one attached hydrogen (secondary N) is 1. The van der Waals surface area contributed by atoms with Crippen LogP contribution in [0.4, 0.5) is 4.79 Å². The fourth-order valence-electron chi connectivity index (χ4n) is 1.39. The molecule has 0 aromatic heterocycles. The predicted octanol–water partition coefficient (Wildman–Crippen LogP) is 5.03. The minimum Gasteiger partial charge on any atom is -0.444 e. The van der Waals surface area contributed by atoms with Crippen LogP contribution < -0.4 is 5.32 Å². The number of nitrogens with zero attached hydrogens (tertiary/aromatic N) is 1. The summed E-state index contributed by atoms with van der Waals surface area (Å²) >= 11 is 0. The number of alkyl carbamates (subject to hydrolysis) is 1. The molecule has 0 heterocycles. The van der Waals surface area contributed by atoms with E-state index in [0.717, 1.165) is 32.5 Å². The molecular formula is C19H40N2O4. The largest absolute Gasteiger partial charge is 0.444 e. The molecule has 0 rings (SSSR count). The summed E-state index contributed by atoms with van der Waals surface area (Å²) in [5.41, 5.74) is -0.390. The second-order valence-corrected chi connectivity index (χ2v) is 6.07. The van der Waals surface area contributed by atoms with Crippen LogP contribution in [-0.4, -0.2) is 37.7 Å². The van der Waals surface area contributed by atoms with Gasteiger partial charge >= 0.3 is 6.09 Å². The van der Waals surface area contributed by atoms with Crippen molar-refractivity contribution in [1.82, 2.24) is 5.32 Å². The van der Waals surface area contributed by atoms with Gasteiger partial charge in [-0.15, -0.1) is 0 Å². The summed E-state index contributed by atoms with van der Waals surface area (Å²) < 4.78 is 15.5. The SMILES string of the molecule is CCCC#N.CCCC(OCC)OCC.CCNC(=O)OC(C)(C)C. The van der Waals surface area contributed by atoms with Crippen LogP contribution in [-0.2, 0) is 14.2 Å². The highest BCUT2D eigenvalue weighted by Crippen LogP contribution is 2.06. The first-order valence-corrected chi connectivity index (χ1v) is 9.29. The Kier molecular flexibility index (Phi) is 23.6. The molecule has 0 saturated carbocycles. The van der Waals surface area contributed by atoms with Crippen molar-refractivity contribution in [2.75, 3.05) is 19.8 Å². The molecule has 0 spiro atoms. The van der Waals surface area contributed by atoms with Gasteiger partial charge < -0.3 is 19.5 Å². The van der Waals surface area contributed by atoms with Gasteiger partial charge in [0.25, 0.3) is 0 Å². The van der Waals surface area contributed by atoms with Gasteiger partial charge in [-0.05, 0) is 54.4 Å². The Hall–Kier alpha value is -1.32. The van der Waals surface area contributed by atoms with E-state index in [1.807, 2.05) is 54.5 Å². The molecule has 1 N–H and O–H groups in total. The Balaban J connectivity index is -0.000000308. The van der Waals surface area contributed by atoms with Gasteiger partial charge in [0.1, 0.15) is 5.60 Å². The molecule has 0 fully saturated rings. The predicted molar refractivity (Wildman–Crippen MR) is 102 cm³/mol. The summed E-state index contributed by atoms with van der Waals surface area (Å²) in [7, 11) is 0. The molecule has 0 bridgehead atoms. The van der Waals surface area contributed by atoms with Gasteiger partial charge in [0.2, 0.25) is 0 Å². The molecule has 25 heavy (non-hydrogen) atoms. The van der Waals surface area contributed by atoms with Crippen molar-refractivity contribution in [3.63, 3.8) is 0 Å². The molecule has 6 heteroatoms. The summed E-state index contributed by atoms with van der Waals surface area (Å²) in [6, 6.07) is 2.02. The van der Waals surface area contributed by atoms with Crippen molar-refractivity contribution in [3.8, 4) is 6.07 Å². The second-order valence-electron chi connectivity index (χ2n) is 6.07. The standard InChI is InChI=1S/C8H18O2.C7H15NO2.C4H7N/c1-4-7-8(9-5-2)10-6-3;1-5-8-6(9)10-7(2,3)4;1-2-3-4-5/h8H,4-7H2,1-3H3;5H2,1-4H3,(H,8,9);2-3H2,1H3. The van der Waals surface area contributed by atoms with Crippen LogP contribution in [0.5, 0.6) is 0 Å². The Morgan fingerprint density at radius 1 is 1.04 bits per heavy atom. The van der Waals surface area contributed by atoms with Gasteiger partial charge in [0.05, 0.1) is 6.07 Å². The number of hydrogen-bond acceptors (Lipinski definition) is 5. The summed E-state index contributed by atoms with van der Waals surface area (Å²) in [5.74, 6) is 0. The first kappa shape index (κ1) is 28.5. The van der Waals surface area contributed by atoms with E-state index >= 15 is 0 Å². The van der Waals surface area contributed by atoms with Gasteiger partial charge in [0, 0.05) is 26.2 Å². The van der Waals surface area contributed by atoms with E-state index in [-0.39, 0.29) is 18.0 Å². The fraction of sp³-hybridized carbons (Fsp3) is 0.895. The van der Waals surface area contributed by atoms with E-state index in [9.17, 15) is 4.79 Å². The summed E-state index contributed by atoms with van der Waals surface area (Å²) in [6.07, 6.45) is 3.47. The Labute approximate surface area is 155 Å². The zero-order valence-corrected chi connectivity index (χ0v) is 17.6. The van der Waals surface area contributed by atoms with Crippen LogP contribution in [0.3, 0.4) is 0 Å². The van der Waals surface area contributed by atoms with E-state index in [0.29, 0.717) is 13.0 Å². The number of carbonyl (C=O) groups is 1. The fourth-order valence-corrected chi connectivity index (χ4v) is 1.39. The zero-order chi connectivity index (χ0) is 20.1. The molecule has 0 radical (unpaired) electrons. The second kappa shape index (κ2) is 20.7. The van der Waals surface area contributed by atoms with Crippen molar-refractivity contribution in [3.05, 3.63) is 0 Å². The number of nitriles is 1. The van der Waals surface area contributed by atoms with Crippen molar-refractivity contribution in [2.45, 2.75) is 93.0 Å². The van der Waals surface area contributed by atoms with Gasteiger partial charge in [0.15, 0.2) is 6.29 Å². The highest BCUT2D eigenvalue weighted by atomic mass is 16.7. The minimum absolute atomic E-state index is 0.0278. The lowest BCUT2D eigenvalue weighted by molar-refractivity contribution is -0.139. The van der Waals surface area contributed by atoms with Gasteiger partial charge in [-0.1, -0.05) is 20.3 Å². The lowest BCUT2D eigenvalue weighted by Gasteiger charge is -2.19. The normalized spacial score (nSPS) is 9.92. The summed E-state index contributed by atoms with van der Waals surface area (Å²) in [5, 5.41) is 10.4. The number of amides is 1. The Morgan fingerprint density at radius 3 is 1.80 bits per heavy atom. The summed E-state index contributed by atoms with van der Waals surface area (Å²) in [6.45, 7) is 17.5. The topological polar surface area (TPSA) is 80.6 Å². The van der Waals surface area contributed by atoms with Crippen molar-refractivity contribution in [1.29, 1.82) is 5.26 Å². The smallest absolute Gasteiger partial charge is 0.407 e. The third-order valence-corrected chi connectivity index (χ3v) is 2.31. The molecule has 150 valence electrons. The number of rotatable bonds is 8. The molecule has 0 aliphatic carbocycles.